The molecule has 6 rings (SSSR count). The fourth-order valence-corrected chi connectivity index (χ4v) is 6.26. The fraction of sp³-hybridized carbons (Fsp3) is 0.370. The number of rotatable bonds is 7. The van der Waals surface area contributed by atoms with Crippen molar-refractivity contribution in [2.45, 2.75) is 51.5 Å². The van der Waals surface area contributed by atoms with Crippen LogP contribution >= 0.6 is 11.3 Å². The van der Waals surface area contributed by atoms with Gasteiger partial charge in [-0.05, 0) is 43.0 Å². The maximum atomic E-state index is 12.8. The van der Waals surface area contributed by atoms with Crippen LogP contribution in [0.5, 0.6) is 0 Å². The van der Waals surface area contributed by atoms with Gasteiger partial charge in [-0.2, -0.15) is 23.5 Å². The first-order valence-corrected chi connectivity index (χ1v) is 13.7. The molecule has 5 aromatic rings. The van der Waals surface area contributed by atoms with Gasteiger partial charge < -0.3 is 9.88 Å². The molecule has 0 bridgehead atoms. The summed E-state index contributed by atoms with van der Waals surface area (Å²) >= 11 is 0.954. The Labute approximate surface area is 231 Å². The molecule has 0 aliphatic carbocycles. The van der Waals surface area contributed by atoms with E-state index < -0.39 is 12.6 Å². The number of hydrogen-bond donors (Lipinski definition) is 2. The van der Waals surface area contributed by atoms with Crippen LogP contribution in [-0.2, 0) is 19.5 Å². The quantitative estimate of drug-likeness (QED) is 0.280. The van der Waals surface area contributed by atoms with Gasteiger partial charge in [0, 0.05) is 48.3 Å². The Bertz CT molecular complexity index is 1690. The van der Waals surface area contributed by atoms with Gasteiger partial charge in [-0.15, -0.1) is 0 Å². The molecule has 4 aromatic heterocycles. The largest absolute Gasteiger partial charge is 0.395 e. The fourth-order valence-electron chi connectivity index (χ4n) is 5.32. The van der Waals surface area contributed by atoms with Crippen molar-refractivity contribution in [3.63, 3.8) is 0 Å². The third-order valence-electron chi connectivity index (χ3n) is 7.39. The lowest BCUT2D eigenvalue weighted by atomic mass is 10.0. The van der Waals surface area contributed by atoms with Crippen LogP contribution in [0.1, 0.15) is 40.2 Å². The highest BCUT2D eigenvalue weighted by Gasteiger charge is 2.30. The van der Waals surface area contributed by atoms with E-state index in [4.69, 9.17) is 0 Å². The van der Waals surface area contributed by atoms with Gasteiger partial charge in [-0.1, -0.05) is 17.4 Å². The molecule has 1 fully saturated rings. The smallest absolute Gasteiger partial charge is 0.365 e. The van der Waals surface area contributed by atoms with Gasteiger partial charge in [0.2, 0.25) is 0 Å². The van der Waals surface area contributed by atoms with Gasteiger partial charge in [0.25, 0.3) is 0 Å². The minimum Gasteiger partial charge on any atom is -0.365 e. The van der Waals surface area contributed by atoms with E-state index in [1.54, 1.807) is 6.20 Å². The van der Waals surface area contributed by atoms with Gasteiger partial charge >= 0.3 is 6.18 Å². The number of nitriles is 1. The Balaban J connectivity index is 1.12. The van der Waals surface area contributed by atoms with E-state index in [-0.39, 0.29) is 11.0 Å². The number of aryl methyl sites for hydroxylation is 1. The molecule has 1 aliphatic heterocycles. The number of nitrogens with zero attached hydrogens (tertiary/aromatic N) is 7. The number of H-pyrrole nitrogens is 1. The van der Waals surface area contributed by atoms with Gasteiger partial charge in [-0.3, -0.25) is 10.00 Å². The zero-order valence-corrected chi connectivity index (χ0v) is 22.5. The first-order chi connectivity index (χ1) is 19.3. The number of anilines is 1. The predicted molar refractivity (Wildman–Crippen MR) is 146 cm³/mol. The van der Waals surface area contributed by atoms with Gasteiger partial charge in [-0.25, -0.2) is 15.0 Å². The molecule has 206 valence electrons. The standard InChI is InChI=1S/C27H26F3N9S/c1-16-18(2-3-22-21(16)8-20(10-31)39(22)13-17-11-34-35-12-17)14-38-6-4-19(5-7-38)36-25-24-26(33-15-32-25)40-23(37-24)9-27(28,29)30/h2-3,8,11-12,15,19H,4-7,9,13-14H2,1H3,(H,34,35)(H,32,33,36). The number of nitrogens with one attached hydrogen (secondary N) is 2. The second kappa shape index (κ2) is 10.5. The monoisotopic (exact) mass is 565 g/mol. The summed E-state index contributed by atoms with van der Waals surface area (Å²) in [5.74, 6) is 0.489. The topological polar surface area (TPSA) is 111 Å². The number of alkyl halides is 3. The van der Waals surface area contributed by atoms with Crippen molar-refractivity contribution in [3.05, 3.63) is 64.3 Å². The Kier molecular flexibility index (Phi) is 6.89. The molecule has 9 nitrogen and oxygen atoms in total. The zero-order chi connectivity index (χ0) is 27.9. The van der Waals surface area contributed by atoms with Crippen LogP contribution in [0.2, 0.25) is 0 Å². The highest BCUT2D eigenvalue weighted by molar-refractivity contribution is 7.18. The second-order valence-corrected chi connectivity index (χ2v) is 11.1. The molecular formula is C27H26F3N9S. The number of thiazole rings is 1. The molecular weight excluding hydrogens is 539 g/mol. The summed E-state index contributed by atoms with van der Waals surface area (Å²) in [4.78, 5) is 15.4. The van der Waals surface area contributed by atoms with Crippen molar-refractivity contribution >= 4 is 38.4 Å². The molecule has 13 heteroatoms. The molecule has 1 aliphatic rings. The number of benzene rings is 1. The third-order valence-corrected chi connectivity index (χ3v) is 8.35. The summed E-state index contributed by atoms with van der Waals surface area (Å²) in [6.45, 7) is 5.21. The first kappa shape index (κ1) is 26.2. The van der Waals surface area contributed by atoms with Crippen LogP contribution in [0.25, 0.3) is 21.3 Å². The molecule has 40 heavy (non-hydrogen) atoms. The SMILES string of the molecule is Cc1c(CN2CCC(Nc3ncnc4sc(CC(F)(F)F)nc34)CC2)ccc2c1cc(C#N)n2Cc1cn[nH]c1. The summed E-state index contributed by atoms with van der Waals surface area (Å²) < 4.78 is 40.5. The molecule has 0 saturated carbocycles. The third kappa shape index (κ3) is 5.37. The van der Waals surface area contributed by atoms with Crippen molar-refractivity contribution < 1.29 is 13.2 Å². The van der Waals surface area contributed by atoms with Crippen LogP contribution in [0.4, 0.5) is 19.0 Å². The van der Waals surface area contributed by atoms with E-state index in [9.17, 15) is 18.4 Å². The number of likely N-dealkylation sites (tertiary alicyclic amines) is 1. The summed E-state index contributed by atoms with van der Waals surface area (Å²) in [6.07, 6.45) is 1.33. The zero-order valence-electron chi connectivity index (χ0n) is 21.7. The van der Waals surface area contributed by atoms with E-state index in [1.165, 1.54) is 17.5 Å². The Morgan fingerprint density at radius 2 is 2.02 bits per heavy atom. The maximum absolute atomic E-state index is 12.8. The highest BCUT2D eigenvalue weighted by atomic mass is 32.1. The molecule has 0 atom stereocenters. The minimum atomic E-state index is -4.31. The second-order valence-electron chi connectivity index (χ2n) is 10.1. The highest BCUT2D eigenvalue weighted by Crippen LogP contribution is 2.31. The average molecular weight is 566 g/mol. The van der Waals surface area contributed by atoms with E-state index >= 15 is 0 Å². The normalized spacial score (nSPS) is 15.2. The van der Waals surface area contributed by atoms with Crippen molar-refractivity contribution in [3.8, 4) is 6.07 Å². The Hall–Kier alpha value is -4.02. The Morgan fingerprint density at radius 3 is 2.75 bits per heavy atom. The molecule has 0 radical (unpaired) electrons. The number of aromatic nitrogens is 6. The van der Waals surface area contributed by atoms with E-state index in [0.717, 1.165) is 60.3 Å². The number of piperidine rings is 1. The van der Waals surface area contributed by atoms with Crippen molar-refractivity contribution in [2.24, 2.45) is 0 Å². The number of hydrogen-bond acceptors (Lipinski definition) is 8. The van der Waals surface area contributed by atoms with Crippen molar-refractivity contribution in [1.82, 2.24) is 34.6 Å². The van der Waals surface area contributed by atoms with Gasteiger partial charge in [0.05, 0.1) is 19.2 Å². The molecule has 2 N–H and O–H groups in total. The van der Waals surface area contributed by atoms with Crippen molar-refractivity contribution in [1.29, 1.82) is 5.26 Å². The summed E-state index contributed by atoms with van der Waals surface area (Å²) in [5, 5.41) is 21.0. The van der Waals surface area contributed by atoms with Gasteiger partial charge in [0.15, 0.2) is 5.82 Å². The average Bonchev–Trinajstić information content (AvgIpc) is 3.66. The Morgan fingerprint density at radius 1 is 1.20 bits per heavy atom. The van der Waals surface area contributed by atoms with E-state index in [1.807, 2.05) is 16.8 Å². The molecule has 1 saturated heterocycles. The number of aromatic amines is 1. The molecule has 1 aromatic carbocycles. The summed E-state index contributed by atoms with van der Waals surface area (Å²) in [6, 6.07) is 8.67. The van der Waals surface area contributed by atoms with Gasteiger partial charge in [0.1, 0.15) is 33.4 Å². The van der Waals surface area contributed by atoms with Crippen LogP contribution in [0.15, 0.2) is 36.9 Å². The first-order valence-electron chi connectivity index (χ1n) is 12.9. The maximum Gasteiger partial charge on any atom is 0.395 e. The van der Waals surface area contributed by atoms with Crippen LogP contribution in [0.3, 0.4) is 0 Å². The molecule has 5 heterocycles. The molecule has 0 unspecified atom stereocenters. The molecule has 0 amide bonds. The number of fused-ring (bicyclic) bond motifs is 2. The summed E-state index contributed by atoms with van der Waals surface area (Å²) in [5.41, 5.74) is 5.44. The predicted octanol–water partition coefficient (Wildman–Crippen LogP) is 5.17. The van der Waals surface area contributed by atoms with E-state index in [0.29, 0.717) is 28.4 Å². The van der Waals surface area contributed by atoms with Crippen LogP contribution in [0, 0.1) is 18.3 Å². The number of halogens is 3. The van der Waals surface area contributed by atoms with Crippen LogP contribution < -0.4 is 5.32 Å². The lowest BCUT2D eigenvalue weighted by Crippen LogP contribution is -2.39. The lowest BCUT2D eigenvalue weighted by molar-refractivity contribution is -0.127. The summed E-state index contributed by atoms with van der Waals surface area (Å²) in [7, 11) is 0. The lowest BCUT2D eigenvalue weighted by Gasteiger charge is -2.33. The minimum absolute atomic E-state index is 0.00748. The molecule has 0 spiro atoms. The van der Waals surface area contributed by atoms with Crippen LogP contribution in [-0.4, -0.2) is 59.9 Å². The van der Waals surface area contributed by atoms with E-state index in [2.05, 4.69) is 60.5 Å². The van der Waals surface area contributed by atoms with Crippen molar-refractivity contribution in [2.75, 3.05) is 18.4 Å².